The van der Waals surface area contributed by atoms with Crippen molar-refractivity contribution in [2.75, 3.05) is 0 Å². The molecule has 0 saturated heterocycles. The van der Waals surface area contributed by atoms with Crippen molar-refractivity contribution < 1.29 is 0 Å². The van der Waals surface area contributed by atoms with Crippen molar-refractivity contribution >= 4 is 11.3 Å². The molecule has 0 aliphatic rings. The van der Waals surface area contributed by atoms with Gasteiger partial charge in [0.25, 0.3) is 0 Å². The Hall–Kier alpha value is -1.19. The van der Waals surface area contributed by atoms with Gasteiger partial charge in [-0.25, -0.2) is 4.98 Å². The molecule has 0 aliphatic heterocycles. The fourth-order valence-corrected chi connectivity index (χ4v) is 2.72. The van der Waals surface area contributed by atoms with E-state index in [2.05, 4.69) is 62.3 Å². The van der Waals surface area contributed by atoms with Crippen LogP contribution in [0.25, 0.3) is 0 Å². The van der Waals surface area contributed by atoms with Gasteiger partial charge in [-0.15, -0.1) is 11.3 Å². The van der Waals surface area contributed by atoms with Crippen LogP contribution in [-0.2, 0) is 13.0 Å². The number of nitrogens with zero attached hydrogens (tertiary/aromatic N) is 1. The molecule has 0 aliphatic carbocycles. The van der Waals surface area contributed by atoms with E-state index in [1.807, 2.05) is 6.20 Å². The Bertz CT molecular complexity index is 538. The molecule has 1 aromatic heterocycles. The summed E-state index contributed by atoms with van der Waals surface area (Å²) in [6, 6.07) is 8.52. The number of nitrogens with one attached hydrogen (secondary N) is 1. The van der Waals surface area contributed by atoms with Gasteiger partial charge in [-0.3, -0.25) is 0 Å². The monoisotopic (exact) mass is 274 g/mol. The van der Waals surface area contributed by atoms with Gasteiger partial charge >= 0.3 is 0 Å². The number of benzene rings is 1. The number of aryl methyl sites for hydroxylation is 1. The maximum absolute atomic E-state index is 4.53. The van der Waals surface area contributed by atoms with Crippen LogP contribution in [0.15, 0.2) is 30.5 Å². The first kappa shape index (κ1) is 14.2. The maximum Gasteiger partial charge on any atom is 0.0972 e. The first-order valence-corrected chi connectivity index (χ1v) is 7.49. The average molecular weight is 274 g/mol. The van der Waals surface area contributed by atoms with Crippen molar-refractivity contribution in [3.63, 3.8) is 0 Å². The molecule has 1 heterocycles. The van der Waals surface area contributed by atoms with Gasteiger partial charge in [0, 0.05) is 29.6 Å². The smallest absolute Gasteiger partial charge is 0.0972 e. The molecule has 0 bridgehead atoms. The van der Waals surface area contributed by atoms with Crippen molar-refractivity contribution in [1.82, 2.24) is 10.3 Å². The minimum absolute atomic E-state index is 0.153. The summed E-state index contributed by atoms with van der Waals surface area (Å²) in [4.78, 5) is 5.84. The van der Waals surface area contributed by atoms with Crippen LogP contribution in [0.5, 0.6) is 0 Å². The molecule has 0 radical (unpaired) electrons. The number of hydrogen-bond acceptors (Lipinski definition) is 3. The lowest BCUT2D eigenvalue weighted by atomic mass is 10.1. The largest absolute Gasteiger partial charge is 0.307 e. The summed E-state index contributed by atoms with van der Waals surface area (Å²) in [5, 5.41) is 4.69. The lowest BCUT2D eigenvalue weighted by Crippen LogP contribution is -2.34. The summed E-state index contributed by atoms with van der Waals surface area (Å²) in [7, 11) is 0. The zero-order valence-electron chi connectivity index (χ0n) is 12.2. The molecule has 102 valence electrons. The lowest BCUT2D eigenvalue weighted by molar-refractivity contribution is 0.426. The molecular formula is C16H22N2S. The normalized spacial score (nSPS) is 11.8. The zero-order valence-corrected chi connectivity index (χ0v) is 13.0. The van der Waals surface area contributed by atoms with E-state index < -0.39 is 0 Å². The molecule has 2 aromatic rings. The van der Waals surface area contributed by atoms with Crippen LogP contribution in [0.3, 0.4) is 0 Å². The van der Waals surface area contributed by atoms with Gasteiger partial charge in [-0.2, -0.15) is 0 Å². The van der Waals surface area contributed by atoms with Crippen LogP contribution in [0, 0.1) is 6.92 Å². The minimum Gasteiger partial charge on any atom is -0.307 e. The third kappa shape index (κ3) is 4.44. The lowest BCUT2D eigenvalue weighted by Gasteiger charge is -2.19. The predicted molar refractivity (Wildman–Crippen MR) is 82.7 cm³/mol. The van der Waals surface area contributed by atoms with Crippen molar-refractivity contribution in [2.45, 2.75) is 46.2 Å². The Morgan fingerprint density at radius 2 is 1.95 bits per heavy atom. The van der Waals surface area contributed by atoms with E-state index >= 15 is 0 Å². The van der Waals surface area contributed by atoms with E-state index in [0.717, 1.165) is 13.0 Å². The Morgan fingerprint density at radius 3 is 2.63 bits per heavy atom. The first-order valence-electron chi connectivity index (χ1n) is 6.67. The van der Waals surface area contributed by atoms with Crippen molar-refractivity contribution in [3.05, 3.63) is 51.5 Å². The van der Waals surface area contributed by atoms with Gasteiger partial charge in [0.15, 0.2) is 0 Å². The highest BCUT2D eigenvalue weighted by molar-refractivity contribution is 7.11. The van der Waals surface area contributed by atoms with Gasteiger partial charge in [-0.1, -0.05) is 24.3 Å². The fraction of sp³-hybridized carbons (Fsp3) is 0.438. The molecule has 0 unspecified atom stereocenters. The average Bonchev–Trinajstić information content (AvgIpc) is 2.77. The van der Waals surface area contributed by atoms with Crippen molar-refractivity contribution in [1.29, 1.82) is 0 Å². The molecule has 2 rings (SSSR count). The quantitative estimate of drug-likeness (QED) is 0.913. The van der Waals surface area contributed by atoms with Gasteiger partial charge in [0.05, 0.1) is 5.01 Å². The zero-order chi connectivity index (χ0) is 13.9. The molecule has 0 atom stereocenters. The molecule has 1 N–H and O–H groups in total. The van der Waals surface area contributed by atoms with Gasteiger partial charge < -0.3 is 5.32 Å². The summed E-state index contributed by atoms with van der Waals surface area (Å²) >= 11 is 1.80. The molecule has 0 saturated carbocycles. The molecule has 3 heteroatoms. The van der Waals surface area contributed by atoms with Gasteiger partial charge in [-0.05, 0) is 38.8 Å². The molecule has 19 heavy (non-hydrogen) atoms. The van der Waals surface area contributed by atoms with E-state index in [9.17, 15) is 0 Å². The highest BCUT2D eigenvalue weighted by atomic mass is 32.1. The minimum atomic E-state index is 0.153. The van der Waals surface area contributed by atoms with E-state index in [1.54, 1.807) is 11.3 Å². The van der Waals surface area contributed by atoms with Crippen LogP contribution in [0.4, 0.5) is 0 Å². The number of rotatable bonds is 4. The predicted octanol–water partition coefficient (Wildman–Crippen LogP) is 3.93. The second kappa shape index (κ2) is 5.85. The summed E-state index contributed by atoms with van der Waals surface area (Å²) in [5.74, 6) is 0. The summed E-state index contributed by atoms with van der Waals surface area (Å²) in [5.41, 5.74) is 2.86. The van der Waals surface area contributed by atoms with Crippen LogP contribution < -0.4 is 5.32 Å². The summed E-state index contributed by atoms with van der Waals surface area (Å²) < 4.78 is 0. The van der Waals surface area contributed by atoms with E-state index in [1.165, 1.54) is 21.0 Å². The Kier molecular flexibility index (Phi) is 4.38. The molecule has 0 fully saturated rings. The Balaban J connectivity index is 2.00. The molecule has 0 amide bonds. The number of aromatic nitrogens is 1. The van der Waals surface area contributed by atoms with Crippen molar-refractivity contribution in [2.24, 2.45) is 0 Å². The SMILES string of the molecule is Cc1ccccc1Cc1ncc(CNC(C)(C)C)s1. The number of hydrogen-bond donors (Lipinski definition) is 1. The van der Waals surface area contributed by atoms with Gasteiger partial charge in [0.2, 0.25) is 0 Å². The van der Waals surface area contributed by atoms with E-state index in [-0.39, 0.29) is 5.54 Å². The Labute approximate surface area is 119 Å². The summed E-state index contributed by atoms with van der Waals surface area (Å²) in [6.45, 7) is 9.60. The standard InChI is InChI=1S/C16H22N2S/c1-12-7-5-6-8-13(12)9-15-17-10-14(19-15)11-18-16(2,3)4/h5-8,10,18H,9,11H2,1-4H3. The highest BCUT2D eigenvalue weighted by Crippen LogP contribution is 2.19. The maximum atomic E-state index is 4.53. The van der Waals surface area contributed by atoms with Crippen molar-refractivity contribution in [3.8, 4) is 0 Å². The second-order valence-corrected chi connectivity index (χ2v) is 7.13. The van der Waals surface area contributed by atoms with Gasteiger partial charge in [0.1, 0.15) is 0 Å². The Morgan fingerprint density at radius 1 is 1.21 bits per heavy atom. The van der Waals surface area contributed by atoms with E-state index in [4.69, 9.17) is 0 Å². The van der Waals surface area contributed by atoms with Crippen LogP contribution in [0.1, 0.15) is 41.8 Å². The molecular weight excluding hydrogens is 252 g/mol. The second-order valence-electron chi connectivity index (χ2n) is 5.93. The third-order valence-electron chi connectivity index (χ3n) is 3.00. The molecule has 0 spiro atoms. The summed E-state index contributed by atoms with van der Waals surface area (Å²) in [6.07, 6.45) is 2.93. The fourth-order valence-electron chi connectivity index (χ4n) is 1.84. The number of thiazole rings is 1. The topological polar surface area (TPSA) is 24.9 Å². The van der Waals surface area contributed by atoms with Crippen LogP contribution in [0.2, 0.25) is 0 Å². The third-order valence-corrected chi connectivity index (χ3v) is 3.99. The van der Waals surface area contributed by atoms with Crippen LogP contribution >= 0.6 is 11.3 Å². The van der Waals surface area contributed by atoms with Crippen LogP contribution in [-0.4, -0.2) is 10.5 Å². The van der Waals surface area contributed by atoms with E-state index in [0.29, 0.717) is 0 Å². The first-order chi connectivity index (χ1) is 8.94. The molecule has 2 nitrogen and oxygen atoms in total. The highest BCUT2D eigenvalue weighted by Gasteiger charge is 2.10. The molecule has 1 aromatic carbocycles.